The summed E-state index contributed by atoms with van der Waals surface area (Å²) in [7, 11) is 1.20. The van der Waals surface area contributed by atoms with Gasteiger partial charge in [0.2, 0.25) is 0 Å². The zero-order valence-electron chi connectivity index (χ0n) is 15.5. The highest BCUT2D eigenvalue weighted by Crippen LogP contribution is 2.31. The van der Waals surface area contributed by atoms with Crippen molar-refractivity contribution in [1.29, 1.82) is 0 Å². The molecule has 1 aliphatic heterocycles. The molecule has 1 heterocycles. The van der Waals surface area contributed by atoms with Gasteiger partial charge in [-0.25, -0.2) is 9.18 Å². The van der Waals surface area contributed by atoms with Crippen molar-refractivity contribution >= 4 is 17.6 Å². The maximum absolute atomic E-state index is 14.4. The minimum absolute atomic E-state index is 0.0405. The van der Waals surface area contributed by atoms with E-state index in [1.54, 1.807) is 6.92 Å². The highest BCUT2D eigenvalue weighted by atomic mass is 35.5. The van der Waals surface area contributed by atoms with Crippen LogP contribution in [0.25, 0.3) is 0 Å². The number of methoxy groups -OCH3 is 1. The molecule has 2 unspecified atom stereocenters. The number of carbonyl (C=O) groups excluding carboxylic acids is 1. The Morgan fingerprint density at radius 1 is 1.37 bits per heavy atom. The van der Waals surface area contributed by atoms with Crippen molar-refractivity contribution in [3.05, 3.63) is 57.4 Å². The van der Waals surface area contributed by atoms with Gasteiger partial charge in [0.05, 0.1) is 24.5 Å². The lowest BCUT2D eigenvalue weighted by atomic mass is 9.98. The average Bonchev–Trinajstić information content (AvgIpc) is 2.59. The molecule has 0 saturated carbocycles. The van der Waals surface area contributed by atoms with Crippen LogP contribution in [0.4, 0.5) is 4.39 Å². The van der Waals surface area contributed by atoms with E-state index in [0.29, 0.717) is 29.9 Å². The van der Waals surface area contributed by atoms with Gasteiger partial charge in [-0.2, -0.15) is 0 Å². The molecule has 0 amide bonds. The fourth-order valence-electron chi connectivity index (χ4n) is 3.12. The molecule has 1 saturated heterocycles. The first-order valence-corrected chi connectivity index (χ1v) is 8.68. The molecule has 0 radical (unpaired) electrons. The number of nitrogens with two attached hydrogens (primary N) is 3. The third-order valence-electron chi connectivity index (χ3n) is 4.28. The number of hydrogen-bond donors (Lipinski definition) is 3. The molecule has 0 aromatic heterocycles. The van der Waals surface area contributed by atoms with Crippen molar-refractivity contribution in [2.45, 2.75) is 26.1 Å². The molecule has 148 valence electrons. The molecule has 9 heteroatoms. The maximum atomic E-state index is 14.4. The van der Waals surface area contributed by atoms with E-state index in [0.717, 1.165) is 0 Å². The average molecular weight is 399 g/mol. The number of halogens is 2. The number of allylic oxidation sites excluding steroid dienone is 1. The monoisotopic (exact) mass is 398 g/mol. The summed E-state index contributed by atoms with van der Waals surface area (Å²) in [6.45, 7) is 4.52. The molecule has 7 nitrogen and oxygen atoms in total. The molecule has 0 spiro atoms. The second-order valence-electron chi connectivity index (χ2n) is 6.39. The van der Waals surface area contributed by atoms with Crippen molar-refractivity contribution in [3.8, 4) is 0 Å². The molecule has 27 heavy (non-hydrogen) atoms. The van der Waals surface area contributed by atoms with Gasteiger partial charge >= 0.3 is 5.97 Å². The van der Waals surface area contributed by atoms with Gasteiger partial charge in [-0.15, -0.1) is 0 Å². The zero-order valence-corrected chi connectivity index (χ0v) is 16.2. The van der Waals surface area contributed by atoms with Crippen molar-refractivity contribution in [2.24, 2.45) is 17.2 Å². The Labute approximate surface area is 162 Å². The summed E-state index contributed by atoms with van der Waals surface area (Å²) < 4.78 is 25.0. The number of esters is 1. The fraction of sp³-hybridized carbons (Fsp3) is 0.389. The second-order valence-corrected chi connectivity index (χ2v) is 6.83. The van der Waals surface area contributed by atoms with E-state index >= 15 is 0 Å². The summed E-state index contributed by atoms with van der Waals surface area (Å²) in [4.78, 5) is 13.6. The topological polar surface area (TPSA) is 117 Å². The van der Waals surface area contributed by atoms with Crippen LogP contribution in [0.1, 0.15) is 34.5 Å². The Morgan fingerprint density at radius 3 is 2.59 bits per heavy atom. The van der Waals surface area contributed by atoms with Gasteiger partial charge < -0.3 is 31.6 Å². The predicted molar refractivity (Wildman–Crippen MR) is 101 cm³/mol. The van der Waals surface area contributed by atoms with E-state index < -0.39 is 17.9 Å². The van der Waals surface area contributed by atoms with Gasteiger partial charge in [0.1, 0.15) is 22.9 Å². The van der Waals surface area contributed by atoms with Gasteiger partial charge in [0, 0.05) is 13.1 Å². The van der Waals surface area contributed by atoms with Gasteiger partial charge in [-0.3, -0.25) is 0 Å². The Balaban J connectivity index is 2.39. The van der Waals surface area contributed by atoms with Gasteiger partial charge in [-0.05, 0) is 43.2 Å². The van der Waals surface area contributed by atoms with Gasteiger partial charge in [0.25, 0.3) is 0 Å². The molecule has 1 aliphatic rings. The first-order chi connectivity index (χ1) is 12.6. The summed E-state index contributed by atoms with van der Waals surface area (Å²) in [5.74, 6) is -1.34. The number of benzene rings is 1. The number of ether oxygens (including phenoxy) is 2. The number of rotatable bonds is 4. The van der Waals surface area contributed by atoms with Crippen molar-refractivity contribution < 1.29 is 18.7 Å². The minimum atomic E-state index is -0.731. The molecule has 2 atom stereocenters. The minimum Gasteiger partial charge on any atom is -0.465 e. The zero-order chi connectivity index (χ0) is 20.3. The second kappa shape index (κ2) is 8.49. The van der Waals surface area contributed by atoms with E-state index in [2.05, 4.69) is 4.74 Å². The highest BCUT2D eigenvalue weighted by Gasteiger charge is 2.30. The molecule has 1 fully saturated rings. The normalized spacial score (nSPS) is 20.3. The first kappa shape index (κ1) is 20.9. The Hall–Kier alpha value is -2.45. The van der Waals surface area contributed by atoms with Crippen molar-refractivity contribution in [3.63, 3.8) is 0 Å². The van der Waals surface area contributed by atoms with Crippen LogP contribution in [-0.4, -0.2) is 37.2 Å². The molecule has 1 aromatic carbocycles. The van der Waals surface area contributed by atoms with Crippen LogP contribution < -0.4 is 17.2 Å². The maximum Gasteiger partial charge on any atom is 0.340 e. The Morgan fingerprint density at radius 2 is 2.04 bits per heavy atom. The van der Waals surface area contributed by atoms with Gasteiger partial charge in [-0.1, -0.05) is 11.6 Å². The van der Waals surface area contributed by atoms with Crippen molar-refractivity contribution in [2.75, 3.05) is 20.2 Å². The largest absolute Gasteiger partial charge is 0.465 e. The number of morpholine rings is 1. The number of nitrogens with zero attached hydrogens (tertiary/aromatic N) is 1. The molecule has 0 bridgehead atoms. The summed E-state index contributed by atoms with van der Waals surface area (Å²) >= 11 is 5.77. The summed E-state index contributed by atoms with van der Waals surface area (Å²) in [6, 6.07) is 2.75. The molecule has 2 rings (SSSR count). The lowest BCUT2D eigenvalue weighted by molar-refractivity contribution is -0.0687. The third-order valence-corrected chi connectivity index (χ3v) is 4.39. The summed E-state index contributed by atoms with van der Waals surface area (Å²) in [6.07, 6.45) is 0.819. The highest BCUT2D eigenvalue weighted by molar-refractivity contribution is 6.29. The molecule has 1 aromatic rings. The molecular formula is C18H24ClFN4O3. The Bertz CT molecular complexity index is 789. The Kier molecular flexibility index (Phi) is 6.56. The first-order valence-electron chi connectivity index (χ1n) is 8.30. The van der Waals surface area contributed by atoms with Crippen LogP contribution in [-0.2, 0) is 9.47 Å². The van der Waals surface area contributed by atoms with E-state index in [-0.39, 0.29) is 22.6 Å². The third kappa shape index (κ3) is 4.84. The van der Waals surface area contributed by atoms with Crippen LogP contribution in [0.15, 0.2) is 34.9 Å². The van der Waals surface area contributed by atoms with Crippen LogP contribution in [0, 0.1) is 12.7 Å². The summed E-state index contributed by atoms with van der Waals surface area (Å²) in [5.41, 5.74) is 18.8. The van der Waals surface area contributed by atoms with Gasteiger partial charge in [0.15, 0.2) is 0 Å². The number of hydrogen-bond acceptors (Lipinski definition) is 7. The lowest BCUT2D eigenvalue weighted by Gasteiger charge is -2.39. The quantitative estimate of drug-likeness (QED) is 0.402. The smallest absolute Gasteiger partial charge is 0.340 e. The van der Waals surface area contributed by atoms with E-state index in [1.807, 2.05) is 11.8 Å². The van der Waals surface area contributed by atoms with Crippen molar-refractivity contribution in [1.82, 2.24) is 4.90 Å². The lowest BCUT2D eigenvalue weighted by Crippen LogP contribution is -2.43. The molecule has 0 aliphatic carbocycles. The SMILES string of the molecule is COC(=O)c1cc(C)c(C2CN(C(/C=C(\N)Cl)=C(N)N)CC(C)O2)cc1F. The van der Waals surface area contributed by atoms with Crippen LogP contribution in [0.3, 0.4) is 0 Å². The number of carbonyl (C=O) groups is 1. The fourth-order valence-corrected chi connectivity index (χ4v) is 3.22. The van der Waals surface area contributed by atoms with Crippen LogP contribution in [0.5, 0.6) is 0 Å². The predicted octanol–water partition coefficient (Wildman–Crippen LogP) is 1.81. The molecular weight excluding hydrogens is 375 g/mol. The van der Waals surface area contributed by atoms with Crippen LogP contribution >= 0.6 is 11.6 Å². The number of aryl methyl sites for hydroxylation is 1. The van der Waals surface area contributed by atoms with E-state index in [1.165, 1.54) is 25.3 Å². The van der Waals surface area contributed by atoms with E-state index in [4.69, 9.17) is 33.5 Å². The summed E-state index contributed by atoms with van der Waals surface area (Å²) in [5, 5.41) is 0.0405. The van der Waals surface area contributed by atoms with Crippen LogP contribution in [0.2, 0.25) is 0 Å². The standard InChI is InChI=1S/C18H24ClFN4O3/c1-9-4-12(18(25)26-3)13(20)5-11(9)15-8-24(7-10(2)27-15)14(17(22)23)6-16(19)21/h4-6,10,15H,7-8,21-23H2,1-3H3/b16-6-. The molecule has 6 N–H and O–H groups in total. The van der Waals surface area contributed by atoms with E-state index in [9.17, 15) is 9.18 Å².